The number of carbonyl (C=O) groups excluding carboxylic acids is 1. The molecule has 2 rings (SSSR count). The lowest BCUT2D eigenvalue weighted by Crippen LogP contribution is -2.45. The van der Waals surface area contributed by atoms with Gasteiger partial charge >= 0.3 is 0 Å². The fraction of sp³-hybridized carbons (Fsp3) is 0.476. The number of carbonyl (C=O) groups is 1. The van der Waals surface area contributed by atoms with Crippen molar-refractivity contribution in [2.75, 3.05) is 5.01 Å². The van der Waals surface area contributed by atoms with Crippen molar-refractivity contribution < 1.29 is 4.79 Å². The maximum atomic E-state index is 12.8. The number of hydrogen-bond acceptors (Lipinski definition) is 2. The average Bonchev–Trinajstić information content (AvgIpc) is 2.66. The number of para-hydroxylation sites is 1. The molecule has 0 fully saturated rings. The van der Waals surface area contributed by atoms with Crippen LogP contribution in [0.1, 0.15) is 59.8 Å². The Morgan fingerprint density at radius 3 is 2.54 bits per heavy atom. The first-order valence-corrected chi connectivity index (χ1v) is 9.23. The molecule has 0 saturated heterocycles. The van der Waals surface area contributed by atoms with E-state index in [1.165, 1.54) is 0 Å². The van der Waals surface area contributed by atoms with Gasteiger partial charge in [0.1, 0.15) is 0 Å². The Hall–Kier alpha value is -2.03. The van der Waals surface area contributed by atoms with Crippen LogP contribution in [0.4, 0.5) is 5.69 Å². The van der Waals surface area contributed by atoms with Crippen molar-refractivity contribution in [1.82, 2.24) is 5.43 Å². The summed E-state index contributed by atoms with van der Waals surface area (Å²) < 4.78 is 0. The summed E-state index contributed by atoms with van der Waals surface area (Å²) in [5, 5.41) is 1.71. The van der Waals surface area contributed by atoms with Gasteiger partial charge in [0.2, 0.25) is 5.91 Å². The van der Waals surface area contributed by atoms with Gasteiger partial charge in [-0.1, -0.05) is 70.9 Å². The van der Waals surface area contributed by atoms with Gasteiger partial charge < -0.3 is 0 Å². The number of rotatable bonds is 7. The number of allylic oxidation sites excluding steroid dienone is 4. The summed E-state index contributed by atoms with van der Waals surface area (Å²) in [5.41, 5.74) is 5.30. The van der Waals surface area contributed by atoms with Crippen LogP contribution in [-0.2, 0) is 4.79 Å². The van der Waals surface area contributed by atoms with E-state index in [1.54, 1.807) is 5.01 Å². The van der Waals surface area contributed by atoms with Gasteiger partial charge in [0.05, 0.1) is 5.69 Å². The smallest absolute Gasteiger partial charge is 0.248 e. The summed E-state index contributed by atoms with van der Waals surface area (Å²) in [6.45, 7) is 8.17. The maximum Gasteiger partial charge on any atom is 0.248 e. The SMILES string of the molecule is CC.CCCCC(C)C(=O)N(NC1=CC=CCC1)c1ccccc1. The molecule has 0 saturated carbocycles. The molecule has 0 aliphatic heterocycles. The van der Waals surface area contributed by atoms with Crippen LogP contribution < -0.4 is 10.4 Å². The van der Waals surface area contributed by atoms with E-state index in [0.717, 1.165) is 43.5 Å². The fourth-order valence-corrected chi connectivity index (χ4v) is 2.52. The number of nitrogens with zero attached hydrogens (tertiary/aromatic N) is 1. The van der Waals surface area contributed by atoms with Gasteiger partial charge in [-0.15, -0.1) is 0 Å². The molecule has 1 N–H and O–H groups in total. The van der Waals surface area contributed by atoms with Crippen LogP contribution in [0, 0.1) is 5.92 Å². The van der Waals surface area contributed by atoms with Crippen molar-refractivity contribution in [2.24, 2.45) is 5.92 Å². The zero-order valence-corrected chi connectivity index (χ0v) is 15.6. The zero-order chi connectivity index (χ0) is 17.8. The topological polar surface area (TPSA) is 32.3 Å². The molecule has 1 aliphatic rings. The van der Waals surface area contributed by atoms with Crippen molar-refractivity contribution in [2.45, 2.75) is 59.8 Å². The number of hydrazine groups is 1. The summed E-state index contributed by atoms with van der Waals surface area (Å²) in [6, 6.07) is 9.83. The molecule has 1 aromatic rings. The molecule has 1 aromatic carbocycles. The Bertz CT molecular complexity index is 534. The van der Waals surface area contributed by atoms with E-state index in [-0.39, 0.29) is 11.8 Å². The van der Waals surface area contributed by atoms with Gasteiger partial charge in [-0.2, -0.15) is 0 Å². The summed E-state index contributed by atoms with van der Waals surface area (Å²) in [4.78, 5) is 12.8. The highest BCUT2D eigenvalue weighted by atomic mass is 16.2. The summed E-state index contributed by atoms with van der Waals surface area (Å²) in [5.74, 6) is 0.155. The molecule has 0 aromatic heterocycles. The highest BCUT2D eigenvalue weighted by Crippen LogP contribution is 2.20. The largest absolute Gasteiger partial charge is 0.295 e. The molecular weight excluding hydrogens is 296 g/mol. The molecule has 0 radical (unpaired) electrons. The van der Waals surface area contributed by atoms with E-state index in [4.69, 9.17) is 0 Å². The average molecular weight is 329 g/mol. The second-order valence-electron chi connectivity index (χ2n) is 5.82. The molecule has 1 unspecified atom stereocenters. The molecule has 1 atom stereocenters. The second-order valence-corrected chi connectivity index (χ2v) is 5.82. The molecule has 1 aliphatic carbocycles. The van der Waals surface area contributed by atoms with Crippen molar-refractivity contribution in [3.8, 4) is 0 Å². The minimum Gasteiger partial charge on any atom is -0.295 e. The first kappa shape index (κ1) is 20.0. The monoisotopic (exact) mass is 328 g/mol. The van der Waals surface area contributed by atoms with Gasteiger partial charge in [0.25, 0.3) is 0 Å². The summed E-state index contributed by atoms with van der Waals surface area (Å²) in [7, 11) is 0. The standard InChI is InChI=1S/C19H26N2O.C2H6/c1-3-4-11-16(2)19(22)21(18-14-9-6-10-15-18)20-17-12-7-5-8-13-17;1-2/h5-7,9-10,12,14-16,20H,3-4,8,11,13H2,1-2H3;1-2H3. The highest BCUT2D eigenvalue weighted by Gasteiger charge is 2.22. The highest BCUT2D eigenvalue weighted by molar-refractivity contribution is 5.94. The van der Waals surface area contributed by atoms with Crippen molar-refractivity contribution in [3.63, 3.8) is 0 Å². The molecule has 0 bridgehead atoms. The lowest BCUT2D eigenvalue weighted by Gasteiger charge is -2.29. The van der Waals surface area contributed by atoms with Gasteiger partial charge in [-0.3, -0.25) is 10.2 Å². The predicted octanol–water partition coefficient (Wildman–Crippen LogP) is 5.61. The Labute approximate surface area is 147 Å². The molecule has 0 heterocycles. The predicted molar refractivity (Wildman–Crippen MR) is 104 cm³/mol. The van der Waals surface area contributed by atoms with E-state index in [2.05, 4.69) is 18.4 Å². The first-order valence-electron chi connectivity index (χ1n) is 9.23. The number of benzene rings is 1. The van der Waals surface area contributed by atoms with Crippen LogP contribution in [0.25, 0.3) is 0 Å². The molecule has 132 valence electrons. The third-order valence-corrected chi connectivity index (χ3v) is 3.92. The molecule has 3 heteroatoms. The third-order valence-electron chi connectivity index (χ3n) is 3.92. The lowest BCUT2D eigenvalue weighted by molar-refractivity contribution is -0.122. The fourth-order valence-electron chi connectivity index (χ4n) is 2.52. The molecule has 3 nitrogen and oxygen atoms in total. The first-order chi connectivity index (χ1) is 11.7. The number of anilines is 1. The second kappa shape index (κ2) is 11.5. The Morgan fingerprint density at radius 2 is 1.96 bits per heavy atom. The Balaban J connectivity index is 0.00000139. The van der Waals surface area contributed by atoms with Gasteiger partial charge in [0, 0.05) is 11.6 Å². The maximum absolute atomic E-state index is 12.8. The summed E-state index contributed by atoms with van der Waals surface area (Å²) >= 11 is 0. The Morgan fingerprint density at radius 1 is 1.25 bits per heavy atom. The van der Waals surface area contributed by atoms with Crippen molar-refractivity contribution >= 4 is 11.6 Å². The number of nitrogens with one attached hydrogen (secondary N) is 1. The molecule has 1 amide bonds. The van der Waals surface area contributed by atoms with E-state index in [1.807, 2.05) is 63.3 Å². The van der Waals surface area contributed by atoms with Crippen LogP contribution in [0.3, 0.4) is 0 Å². The van der Waals surface area contributed by atoms with Crippen LogP contribution in [0.5, 0.6) is 0 Å². The van der Waals surface area contributed by atoms with Gasteiger partial charge in [-0.25, -0.2) is 5.01 Å². The molecule has 24 heavy (non-hydrogen) atoms. The van der Waals surface area contributed by atoms with Crippen molar-refractivity contribution in [3.05, 3.63) is 54.3 Å². The molecule has 0 spiro atoms. The molecular formula is C21H32N2O. The van der Waals surface area contributed by atoms with Crippen LogP contribution in [0.15, 0.2) is 54.3 Å². The zero-order valence-electron chi connectivity index (χ0n) is 15.6. The van der Waals surface area contributed by atoms with Crippen LogP contribution in [-0.4, -0.2) is 5.91 Å². The van der Waals surface area contributed by atoms with E-state index >= 15 is 0 Å². The van der Waals surface area contributed by atoms with Crippen LogP contribution in [0.2, 0.25) is 0 Å². The van der Waals surface area contributed by atoms with E-state index in [0.29, 0.717) is 0 Å². The third kappa shape index (κ3) is 6.23. The Kier molecular flexibility index (Phi) is 9.59. The quantitative estimate of drug-likeness (QED) is 0.660. The van der Waals surface area contributed by atoms with Crippen molar-refractivity contribution in [1.29, 1.82) is 0 Å². The number of hydrogen-bond donors (Lipinski definition) is 1. The lowest BCUT2D eigenvalue weighted by atomic mass is 10.0. The summed E-state index contributed by atoms with van der Waals surface area (Å²) in [6.07, 6.45) is 11.3. The number of unbranched alkanes of at least 4 members (excludes halogenated alkanes) is 1. The minimum atomic E-state index is 0.0207. The van der Waals surface area contributed by atoms with E-state index in [9.17, 15) is 4.79 Å². The van der Waals surface area contributed by atoms with Crippen LogP contribution >= 0.6 is 0 Å². The van der Waals surface area contributed by atoms with Gasteiger partial charge in [0.15, 0.2) is 0 Å². The minimum absolute atomic E-state index is 0.0207. The number of amides is 1. The normalized spacial score (nSPS) is 14.1. The van der Waals surface area contributed by atoms with Gasteiger partial charge in [-0.05, 0) is 37.5 Å². The van der Waals surface area contributed by atoms with E-state index < -0.39 is 0 Å².